The molecule has 0 atom stereocenters. The number of anilines is 1. The highest BCUT2D eigenvalue weighted by molar-refractivity contribution is 7.89. The Kier molecular flexibility index (Phi) is 4.37. The van der Waals surface area contributed by atoms with Gasteiger partial charge in [-0.15, -0.1) is 0 Å². The number of nitrogen functional groups attached to an aromatic ring is 1. The van der Waals surface area contributed by atoms with Crippen molar-refractivity contribution in [1.29, 1.82) is 0 Å². The van der Waals surface area contributed by atoms with E-state index in [-0.39, 0.29) is 11.4 Å². The molecule has 0 aliphatic carbocycles. The zero-order valence-corrected chi connectivity index (χ0v) is 11.7. The minimum absolute atomic E-state index is 0.0508. The second kappa shape index (κ2) is 5.26. The van der Waals surface area contributed by atoms with E-state index in [0.29, 0.717) is 5.69 Å². The van der Waals surface area contributed by atoms with Crippen molar-refractivity contribution in [3.63, 3.8) is 0 Å². The molecule has 0 spiro atoms. The number of hydrogen-bond acceptors (Lipinski definition) is 4. The molecular formula is C12H20N2O3S. The van der Waals surface area contributed by atoms with Gasteiger partial charge in [0.2, 0.25) is 10.0 Å². The summed E-state index contributed by atoms with van der Waals surface area (Å²) in [6.07, 6.45) is 0.753. The maximum Gasteiger partial charge on any atom is 0.240 e. The van der Waals surface area contributed by atoms with Crippen LogP contribution in [0.25, 0.3) is 0 Å². The Labute approximate surface area is 108 Å². The van der Waals surface area contributed by atoms with Crippen LogP contribution in [-0.2, 0) is 16.4 Å². The van der Waals surface area contributed by atoms with Crippen LogP contribution in [0.2, 0.25) is 0 Å². The lowest BCUT2D eigenvalue weighted by atomic mass is 10.1. The van der Waals surface area contributed by atoms with Gasteiger partial charge in [-0.3, -0.25) is 0 Å². The molecule has 0 amide bonds. The summed E-state index contributed by atoms with van der Waals surface area (Å²) in [4.78, 5) is 0.112. The monoisotopic (exact) mass is 272 g/mol. The second-order valence-corrected chi connectivity index (χ2v) is 6.62. The van der Waals surface area contributed by atoms with E-state index >= 15 is 0 Å². The van der Waals surface area contributed by atoms with Crippen LogP contribution in [0.1, 0.15) is 26.3 Å². The average Bonchev–Trinajstić information content (AvgIpc) is 2.25. The summed E-state index contributed by atoms with van der Waals surface area (Å²) in [6.45, 7) is 4.96. The van der Waals surface area contributed by atoms with E-state index in [2.05, 4.69) is 4.72 Å². The first kappa shape index (κ1) is 14.9. The fourth-order valence-corrected chi connectivity index (χ4v) is 2.66. The SMILES string of the molecule is CCc1ccc(S(=O)(=O)NCC(C)(C)O)cc1N. The van der Waals surface area contributed by atoms with E-state index in [1.165, 1.54) is 26.0 Å². The Bertz CT molecular complexity index is 519. The van der Waals surface area contributed by atoms with Crippen molar-refractivity contribution in [2.75, 3.05) is 12.3 Å². The van der Waals surface area contributed by atoms with Crippen LogP contribution in [-0.4, -0.2) is 25.7 Å². The number of aliphatic hydroxyl groups is 1. The first-order chi connectivity index (χ1) is 8.15. The third-order valence-electron chi connectivity index (χ3n) is 2.50. The average molecular weight is 272 g/mol. The summed E-state index contributed by atoms with van der Waals surface area (Å²) in [5.74, 6) is 0. The van der Waals surface area contributed by atoms with Crippen molar-refractivity contribution in [3.05, 3.63) is 23.8 Å². The standard InChI is InChI=1S/C12H20N2O3S/c1-4-9-5-6-10(7-11(9)13)18(16,17)14-8-12(2,3)15/h5-7,14-15H,4,8,13H2,1-3H3. The maximum absolute atomic E-state index is 12.0. The fraction of sp³-hybridized carbons (Fsp3) is 0.500. The first-order valence-electron chi connectivity index (χ1n) is 5.76. The molecule has 6 heteroatoms. The molecule has 0 saturated heterocycles. The first-order valence-corrected chi connectivity index (χ1v) is 7.24. The second-order valence-electron chi connectivity index (χ2n) is 4.85. The van der Waals surface area contributed by atoms with Crippen molar-refractivity contribution in [2.24, 2.45) is 0 Å². The molecule has 1 rings (SSSR count). The molecule has 1 aromatic rings. The summed E-state index contributed by atoms with van der Waals surface area (Å²) in [5.41, 5.74) is 6.05. The lowest BCUT2D eigenvalue weighted by Gasteiger charge is -2.18. The maximum atomic E-state index is 12.0. The third-order valence-corrected chi connectivity index (χ3v) is 3.90. The lowest BCUT2D eigenvalue weighted by Crippen LogP contribution is -2.38. The van der Waals surface area contributed by atoms with Gasteiger partial charge in [-0.25, -0.2) is 13.1 Å². The Morgan fingerprint density at radius 1 is 1.39 bits per heavy atom. The molecule has 0 aliphatic heterocycles. The molecule has 0 fully saturated rings. The number of aryl methyl sites for hydroxylation is 1. The van der Waals surface area contributed by atoms with E-state index in [1.807, 2.05) is 6.92 Å². The quantitative estimate of drug-likeness (QED) is 0.694. The summed E-state index contributed by atoms with van der Waals surface area (Å²) in [5, 5.41) is 9.51. The molecule has 0 bridgehead atoms. The van der Waals surface area contributed by atoms with Crippen molar-refractivity contribution < 1.29 is 13.5 Å². The minimum atomic E-state index is -3.63. The molecule has 0 radical (unpaired) electrons. The molecule has 0 aliphatic rings. The molecule has 0 unspecified atom stereocenters. The van der Waals surface area contributed by atoms with Crippen LogP contribution >= 0.6 is 0 Å². The van der Waals surface area contributed by atoms with Crippen molar-refractivity contribution in [1.82, 2.24) is 4.72 Å². The van der Waals surface area contributed by atoms with Gasteiger partial charge in [0.1, 0.15) is 0 Å². The van der Waals surface area contributed by atoms with Crippen molar-refractivity contribution in [2.45, 2.75) is 37.7 Å². The highest BCUT2D eigenvalue weighted by atomic mass is 32.2. The molecule has 5 nitrogen and oxygen atoms in total. The summed E-state index contributed by atoms with van der Waals surface area (Å²) >= 11 is 0. The molecule has 18 heavy (non-hydrogen) atoms. The van der Waals surface area contributed by atoms with Gasteiger partial charge in [-0.2, -0.15) is 0 Å². The number of benzene rings is 1. The Morgan fingerprint density at radius 3 is 2.44 bits per heavy atom. The Hall–Kier alpha value is -1.11. The van der Waals surface area contributed by atoms with Gasteiger partial charge in [0.15, 0.2) is 0 Å². The van der Waals surface area contributed by atoms with Crippen LogP contribution in [0.4, 0.5) is 5.69 Å². The Morgan fingerprint density at radius 2 is 2.00 bits per heavy atom. The van der Waals surface area contributed by atoms with Gasteiger partial charge in [-0.05, 0) is 38.0 Å². The van der Waals surface area contributed by atoms with Gasteiger partial charge in [0, 0.05) is 12.2 Å². The third kappa shape index (κ3) is 3.97. The van der Waals surface area contributed by atoms with E-state index < -0.39 is 15.6 Å². The van der Waals surface area contributed by atoms with Gasteiger partial charge < -0.3 is 10.8 Å². The highest BCUT2D eigenvalue weighted by Crippen LogP contribution is 2.18. The predicted molar refractivity (Wildman–Crippen MR) is 71.7 cm³/mol. The van der Waals surface area contributed by atoms with E-state index in [4.69, 9.17) is 5.73 Å². The molecule has 0 aromatic heterocycles. The van der Waals surface area contributed by atoms with Crippen LogP contribution in [0.5, 0.6) is 0 Å². The number of nitrogens with two attached hydrogens (primary N) is 1. The van der Waals surface area contributed by atoms with E-state index in [1.54, 1.807) is 6.07 Å². The van der Waals surface area contributed by atoms with Gasteiger partial charge in [0.25, 0.3) is 0 Å². The molecular weight excluding hydrogens is 252 g/mol. The van der Waals surface area contributed by atoms with Crippen molar-refractivity contribution in [3.8, 4) is 0 Å². The van der Waals surface area contributed by atoms with Crippen molar-refractivity contribution >= 4 is 15.7 Å². The molecule has 0 saturated carbocycles. The van der Waals surface area contributed by atoms with Crippen LogP contribution in [0.15, 0.2) is 23.1 Å². The van der Waals surface area contributed by atoms with E-state index in [0.717, 1.165) is 12.0 Å². The topological polar surface area (TPSA) is 92.4 Å². The van der Waals surface area contributed by atoms with Crippen LogP contribution in [0.3, 0.4) is 0 Å². The zero-order valence-electron chi connectivity index (χ0n) is 10.9. The smallest absolute Gasteiger partial charge is 0.240 e. The minimum Gasteiger partial charge on any atom is -0.398 e. The number of nitrogens with one attached hydrogen (secondary N) is 1. The van der Waals surface area contributed by atoms with E-state index in [9.17, 15) is 13.5 Å². The van der Waals surface area contributed by atoms with Gasteiger partial charge in [-0.1, -0.05) is 13.0 Å². The largest absolute Gasteiger partial charge is 0.398 e. The zero-order chi connectivity index (χ0) is 14.0. The summed E-state index contributed by atoms with van der Waals surface area (Å²) in [6, 6.07) is 4.65. The van der Waals surface area contributed by atoms with Gasteiger partial charge in [0.05, 0.1) is 10.5 Å². The normalized spacial score (nSPS) is 12.7. The van der Waals surface area contributed by atoms with Crippen LogP contribution < -0.4 is 10.5 Å². The molecule has 1 aromatic carbocycles. The number of sulfonamides is 1. The Balaban J connectivity index is 2.96. The van der Waals surface area contributed by atoms with Gasteiger partial charge >= 0.3 is 0 Å². The van der Waals surface area contributed by atoms with Crippen LogP contribution in [0, 0.1) is 0 Å². The molecule has 0 heterocycles. The number of rotatable bonds is 5. The predicted octanol–water partition coefficient (Wildman–Crippen LogP) is 0.880. The number of hydrogen-bond donors (Lipinski definition) is 3. The summed E-state index contributed by atoms with van der Waals surface area (Å²) < 4.78 is 26.3. The molecule has 4 N–H and O–H groups in total. The highest BCUT2D eigenvalue weighted by Gasteiger charge is 2.20. The molecule has 102 valence electrons. The summed E-state index contributed by atoms with van der Waals surface area (Å²) in [7, 11) is -3.63. The lowest BCUT2D eigenvalue weighted by molar-refractivity contribution is 0.0857. The fourth-order valence-electron chi connectivity index (χ4n) is 1.42.